The van der Waals surface area contributed by atoms with Gasteiger partial charge in [0.2, 0.25) is 0 Å². The van der Waals surface area contributed by atoms with Crippen molar-refractivity contribution in [2.45, 2.75) is 13.8 Å². The van der Waals surface area contributed by atoms with E-state index in [9.17, 15) is 4.79 Å². The number of ketones is 1. The number of hydrogen-bond acceptors (Lipinski definition) is 1. The Morgan fingerprint density at radius 3 is 2.63 bits per heavy atom. The highest BCUT2D eigenvalue weighted by molar-refractivity contribution is 9.10. The Morgan fingerprint density at radius 2 is 1.89 bits per heavy atom. The highest BCUT2D eigenvalue weighted by Gasteiger charge is 2.02. The van der Waals surface area contributed by atoms with E-state index in [2.05, 4.69) is 34.1 Å². The molecule has 96 valence electrons. The molecule has 0 saturated carbocycles. The Balaban J connectivity index is 2.23. The molecule has 0 heterocycles. The largest absolute Gasteiger partial charge is 0.289 e. The van der Waals surface area contributed by atoms with Crippen LogP contribution in [0.15, 0.2) is 53.0 Å². The lowest BCUT2D eigenvalue weighted by molar-refractivity contribution is 0.104. The van der Waals surface area contributed by atoms with Gasteiger partial charge in [0.05, 0.1) is 0 Å². The van der Waals surface area contributed by atoms with Gasteiger partial charge < -0.3 is 0 Å². The van der Waals surface area contributed by atoms with Gasteiger partial charge in [-0.25, -0.2) is 0 Å². The van der Waals surface area contributed by atoms with Crippen LogP contribution in [0.2, 0.25) is 0 Å². The van der Waals surface area contributed by atoms with E-state index >= 15 is 0 Å². The van der Waals surface area contributed by atoms with Crippen LogP contribution < -0.4 is 0 Å². The van der Waals surface area contributed by atoms with Gasteiger partial charge in [0.15, 0.2) is 5.78 Å². The van der Waals surface area contributed by atoms with Crippen molar-refractivity contribution in [2.75, 3.05) is 0 Å². The van der Waals surface area contributed by atoms with Crippen LogP contribution in [0.4, 0.5) is 0 Å². The second-order valence-corrected chi connectivity index (χ2v) is 5.48. The SMILES string of the molecule is Cc1ccc(C)c(C=CC(=O)c2cccc(Br)c2)c1. The maximum absolute atomic E-state index is 12.1. The van der Waals surface area contributed by atoms with E-state index in [4.69, 9.17) is 0 Å². The molecule has 0 radical (unpaired) electrons. The molecule has 0 fully saturated rings. The molecular formula is C17H15BrO. The molecule has 2 aromatic carbocycles. The number of allylic oxidation sites excluding steroid dienone is 1. The van der Waals surface area contributed by atoms with E-state index in [0.717, 1.165) is 10.0 Å². The molecule has 1 nitrogen and oxygen atoms in total. The van der Waals surface area contributed by atoms with E-state index < -0.39 is 0 Å². The molecule has 19 heavy (non-hydrogen) atoms. The third-order valence-corrected chi connectivity index (χ3v) is 3.45. The molecule has 0 N–H and O–H groups in total. The first-order valence-corrected chi connectivity index (χ1v) is 6.91. The average molecular weight is 315 g/mol. The highest BCUT2D eigenvalue weighted by atomic mass is 79.9. The van der Waals surface area contributed by atoms with E-state index in [1.54, 1.807) is 6.08 Å². The number of carbonyl (C=O) groups excluding carboxylic acids is 1. The topological polar surface area (TPSA) is 17.1 Å². The second-order valence-electron chi connectivity index (χ2n) is 4.57. The van der Waals surface area contributed by atoms with Crippen LogP contribution in [0.1, 0.15) is 27.0 Å². The normalized spacial score (nSPS) is 10.9. The Morgan fingerprint density at radius 1 is 1.11 bits per heavy atom. The van der Waals surface area contributed by atoms with Gasteiger partial charge in [-0.1, -0.05) is 57.9 Å². The Labute approximate surface area is 122 Å². The van der Waals surface area contributed by atoms with Gasteiger partial charge in [0.1, 0.15) is 0 Å². The molecule has 0 aliphatic carbocycles. The average Bonchev–Trinajstić information content (AvgIpc) is 2.39. The van der Waals surface area contributed by atoms with Gasteiger partial charge in [0, 0.05) is 10.0 Å². The van der Waals surface area contributed by atoms with Crippen LogP contribution in [-0.2, 0) is 0 Å². The lowest BCUT2D eigenvalue weighted by atomic mass is 10.0. The van der Waals surface area contributed by atoms with Crippen LogP contribution in [0.5, 0.6) is 0 Å². The van der Waals surface area contributed by atoms with Crippen LogP contribution >= 0.6 is 15.9 Å². The predicted molar refractivity (Wildman–Crippen MR) is 83.4 cm³/mol. The van der Waals surface area contributed by atoms with Crippen molar-refractivity contribution in [1.29, 1.82) is 0 Å². The number of benzene rings is 2. The minimum absolute atomic E-state index is 0.0159. The Kier molecular flexibility index (Phi) is 4.33. The minimum atomic E-state index is 0.0159. The fourth-order valence-electron chi connectivity index (χ4n) is 1.84. The monoisotopic (exact) mass is 314 g/mol. The number of aryl methyl sites for hydroxylation is 2. The highest BCUT2D eigenvalue weighted by Crippen LogP contribution is 2.15. The number of halogens is 1. The molecule has 0 saturated heterocycles. The number of hydrogen-bond donors (Lipinski definition) is 0. The van der Waals surface area contributed by atoms with Crippen molar-refractivity contribution in [1.82, 2.24) is 0 Å². The summed E-state index contributed by atoms with van der Waals surface area (Å²) in [6.07, 6.45) is 3.51. The van der Waals surface area contributed by atoms with E-state index in [0.29, 0.717) is 5.56 Å². The molecule has 0 spiro atoms. The first-order chi connectivity index (χ1) is 9.06. The molecule has 2 heteroatoms. The van der Waals surface area contributed by atoms with Crippen molar-refractivity contribution >= 4 is 27.8 Å². The molecule has 0 unspecified atom stereocenters. The van der Waals surface area contributed by atoms with Gasteiger partial charge in [-0.05, 0) is 43.2 Å². The third kappa shape index (κ3) is 3.65. The van der Waals surface area contributed by atoms with Crippen molar-refractivity contribution in [2.24, 2.45) is 0 Å². The van der Waals surface area contributed by atoms with Crippen LogP contribution in [0, 0.1) is 13.8 Å². The summed E-state index contributed by atoms with van der Waals surface area (Å²) in [5.74, 6) is 0.0159. The second kappa shape index (κ2) is 5.98. The lowest BCUT2D eigenvalue weighted by Crippen LogP contribution is -1.93. The molecular weight excluding hydrogens is 300 g/mol. The summed E-state index contributed by atoms with van der Waals surface area (Å²) in [4.78, 5) is 12.1. The fraction of sp³-hybridized carbons (Fsp3) is 0.118. The fourth-order valence-corrected chi connectivity index (χ4v) is 2.24. The maximum atomic E-state index is 12.1. The number of carbonyl (C=O) groups is 1. The molecule has 0 aromatic heterocycles. The molecule has 0 bridgehead atoms. The zero-order valence-corrected chi connectivity index (χ0v) is 12.6. The molecule has 0 atom stereocenters. The maximum Gasteiger partial charge on any atom is 0.185 e. The molecule has 0 amide bonds. The summed E-state index contributed by atoms with van der Waals surface area (Å²) in [5, 5.41) is 0. The summed E-state index contributed by atoms with van der Waals surface area (Å²) in [7, 11) is 0. The van der Waals surface area contributed by atoms with Gasteiger partial charge in [-0.15, -0.1) is 0 Å². The van der Waals surface area contributed by atoms with Crippen LogP contribution in [0.3, 0.4) is 0 Å². The van der Waals surface area contributed by atoms with Gasteiger partial charge in [-0.2, -0.15) is 0 Å². The standard InChI is InChI=1S/C17H15BrO/c1-12-6-7-13(2)14(10-12)8-9-17(19)15-4-3-5-16(18)11-15/h3-11H,1-2H3. The zero-order chi connectivity index (χ0) is 13.8. The lowest BCUT2D eigenvalue weighted by Gasteiger charge is -2.02. The smallest absolute Gasteiger partial charge is 0.185 e. The van der Waals surface area contributed by atoms with Gasteiger partial charge in [0.25, 0.3) is 0 Å². The van der Waals surface area contributed by atoms with Crippen molar-refractivity contribution in [3.05, 3.63) is 75.3 Å². The minimum Gasteiger partial charge on any atom is -0.289 e. The summed E-state index contributed by atoms with van der Waals surface area (Å²) in [6.45, 7) is 4.09. The summed E-state index contributed by atoms with van der Waals surface area (Å²) in [6, 6.07) is 13.6. The Hall–Kier alpha value is -1.67. The van der Waals surface area contributed by atoms with Gasteiger partial charge >= 0.3 is 0 Å². The first kappa shape index (κ1) is 13.8. The quantitative estimate of drug-likeness (QED) is 0.578. The van der Waals surface area contributed by atoms with E-state index in [1.807, 2.05) is 44.2 Å². The van der Waals surface area contributed by atoms with Gasteiger partial charge in [-0.3, -0.25) is 4.79 Å². The van der Waals surface area contributed by atoms with Crippen molar-refractivity contribution < 1.29 is 4.79 Å². The summed E-state index contributed by atoms with van der Waals surface area (Å²) in [5.41, 5.74) is 4.14. The van der Waals surface area contributed by atoms with Crippen LogP contribution in [0.25, 0.3) is 6.08 Å². The summed E-state index contributed by atoms with van der Waals surface area (Å²) < 4.78 is 0.915. The molecule has 0 aliphatic rings. The zero-order valence-electron chi connectivity index (χ0n) is 11.0. The molecule has 2 aromatic rings. The molecule has 0 aliphatic heterocycles. The van der Waals surface area contributed by atoms with E-state index in [-0.39, 0.29) is 5.78 Å². The predicted octanol–water partition coefficient (Wildman–Crippen LogP) is 4.96. The molecule has 2 rings (SSSR count). The third-order valence-electron chi connectivity index (χ3n) is 2.96. The number of rotatable bonds is 3. The Bertz CT molecular complexity index is 641. The first-order valence-electron chi connectivity index (χ1n) is 6.11. The van der Waals surface area contributed by atoms with Crippen molar-refractivity contribution in [3.63, 3.8) is 0 Å². The van der Waals surface area contributed by atoms with Crippen molar-refractivity contribution in [3.8, 4) is 0 Å². The summed E-state index contributed by atoms with van der Waals surface area (Å²) >= 11 is 3.37. The van der Waals surface area contributed by atoms with E-state index in [1.165, 1.54) is 11.1 Å². The van der Waals surface area contributed by atoms with Crippen LogP contribution in [-0.4, -0.2) is 5.78 Å².